The maximum absolute atomic E-state index is 12.4. The Kier molecular flexibility index (Phi) is 4.07. The molecule has 1 heterocycles. The molecule has 1 aliphatic rings. The SMILES string of the molecule is N#CCCSc1cc(C(=O)NC2CC2)c2ccccc2n1. The van der Waals surface area contributed by atoms with Crippen LogP contribution in [0.15, 0.2) is 35.4 Å². The Morgan fingerprint density at radius 1 is 1.43 bits per heavy atom. The van der Waals surface area contributed by atoms with Crippen LogP contribution in [0.25, 0.3) is 10.9 Å². The summed E-state index contributed by atoms with van der Waals surface area (Å²) in [5.41, 5.74) is 1.49. The van der Waals surface area contributed by atoms with Gasteiger partial charge in [0.25, 0.3) is 5.91 Å². The van der Waals surface area contributed by atoms with E-state index in [1.54, 1.807) is 0 Å². The molecule has 1 amide bonds. The Hall–Kier alpha value is -2.06. The van der Waals surface area contributed by atoms with Crippen LogP contribution in [0.1, 0.15) is 29.6 Å². The molecular formula is C16H15N3OS. The number of benzene rings is 1. The van der Waals surface area contributed by atoms with Gasteiger partial charge < -0.3 is 5.32 Å². The van der Waals surface area contributed by atoms with Crippen LogP contribution in [0.5, 0.6) is 0 Å². The highest BCUT2D eigenvalue weighted by atomic mass is 32.2. The van der Waals surface area contributed by atoms with Crippen LogP contribution < -0.4 is 5.32 Å². The zero-order valence-electron chi connectivity index (χ0n) is 11.5. The maximum atomic E-state index is 12.4. The number of rotatable bonds is 5. The zero-order chi connectivity index (χ0) is 14.7. The first-order chi connectivity index (χ1) is 10.3. The number of hydrogen-bond donors (Lipinski definition) is 1. The van der Waals surface area contributed by atoms with Gasteiger partial charge in [-0.1, -0.05) is 18.2 Å². The van der Waals surface area contributed by atoms with E-state index < -0.39 is 0 Å². The smallest absolute Gasteiger partial charge is 0.252 e. The molecule has 1 saturated carbocycles. The fourth-order valence-electron chi connectivity index (χ4n) is 2.10. The number of carbonyl (C=O) groups excluding carboxylic acids is 1. The van der Waals surface area contributed by atoms with Crippen LogP contribution in [0.3, 0.4) is 0 Å². The highest BCUT2D eigenvalue weighted by molar-refractivity contribution is 7.99. The van der Waals surface area contributed by atoms with Crippen molar-refractivity contribution in [2.45, 2.75) is 30.3 Å². The summed E-state index contributed by atoms with van der Waals surface area (Å²) >= 11 is 1.51. The highest BCUT2D eigenvalue weighted by Gasteiger charge is 2.24. The summed E-state index contributed by atoms with van der Waals surface area (Å²) in [6.45, 7) is 0. The molecule has 1 aromatic carbocycles. The van der Waals surface area contributed by atoms with Crippen molar-refractivity contribution in [1.82, 2.24) is 10.3 Å². The van der Waals surface area contributed by atoms with Gasteiger partial charge in [0.2, 0.25) is 0 Å². The molecule has 0 atom stereocenters. The van der Waals surface area contributed by atoms with Crippen LogP contribution in [0.2, 0.25) is 0 Å². The number of nitriles is 1. The summed E-state index contributed by atoms with van der Waals surface area (Å²) in [4.78, 5) is 16.9. The van der Waals surface area contributed by atoms with Crippen LogP contribution in [0, 0.1) is 11.3 Å². The molecule has 1 aliphatic carbocycles. The van der Waals surface area contributed by atoms with E-state index in [1.807, 2.05) is 30.3 Å². The minimum absolute atomic E-state index is 0.0294. The number of amides is 1. The first-order valence-corrected chi connectivity index (χ1v) is 7.97. The predicted octanol–water partition coefficient (Wildman–Crippen LogP) is 3.13. The van der Waals surface area contributed by atoms with Gasteiger partial charge in [-0.05, 0) is 25.0 Å². The topological polar surface area (TPSA) is 65.8 Å². The lowest BCUT2D eigenvalue weighted by molar-refractivity contribution is 0.0952. The number of nitrogens with zero attached hydrogens (tertiary/aromatic N) is 2. The Morgan fingerprint density at radius 3 is 3.00 bits per heavy atom. The lowest BCUT2D eigenvalue weighted by Crippen LogP contribution is -2.25. The van der Waals surface area contributed by atoms with Gasteiger partial charge in [0.05, 0.1) is 22.2 Å². The van der Waals surface area contributed by atoms with Crippen molar-refractivity contribution in [2.75, 3.05) is 5.75 Å². The van der Waals surface area contributed by atoms with E-state index >= 15 is 0 Å². The first-order valence-electron chi connectivity index (χ1n) is 6.98. The van der Waals surface area contributed by atoms with Crippen LogP contribution in [0.4, 0.5) is 0 Å². The molecule has 0 aliphatic heterocycles. The molecule has 1 N–H and O–H groups in total. The minimum atomic E-state index is -0.0294. The summed E-state index contributed by atoms with van der Waals surface area (Å²) in [6, 6.07) is 12.0. The molecule has 0 spiro atoms. The second-order valence-electron chi connectivity index (χ2n) is 5.03. The van der Waals surface area contributed by atoms with Crippen molar-refractivity contribution in [1.29, 1.82) is 5.26 Å². The number of fused-ring (bicyclic) bond motifs is 1. The number of hydrogen-bond acceptors (Lipinski definition) is 4. The monoisotopic (exact) mass is 297 g/mol. The highest BCUT2D eigenvalue weighted by Crippen LogP contribution is 2.26. The van der Waals surface area contributed by atoms with E-state index in [2.05, 4.69) is 16.4 Å². The van der Waals surface area contributed by atoms with Gasteiger partial charge in [-0.25, -0.2) is 4.98 Å². The van der Waals surface area contributed by atoms with Gasteiger partial charge in [0.15, 0.2) is 0 Å². The molecule has 0 saturated heterocycles. The Bertz CT molecular complexity index is 719. The van der Waals surface area contributed by atoms with Crippen LogP contribution >= 0.6 is 11.8 Å². The largest absolute Gasteiger partial charge is 0.349 e. The summed E-state index contributed by atoms with van der Waals surface area (Å²) < 4.78 is 0. The van der Waals surface area contributed by atoms with Crippen molar-refractivity contribution >= 4 is 28.6 Å². The molecule has 1 fully saturated rings. The number of nitrogens with one attached hydrogen (secondary N) is 1. The zero-order valence-corrected chi connectivity index (χ0v) is 12.3. The quantitative estimate of drug-likeness (QED) is 0.680. The molecular weight excluding hydrogens is 282 g/mol. The van der Waals surface area contributed by atoms with Gasteiger partial charge in [-0.15, -0.1) is 11.8 Å². The third-order valence-corrected chi connectivity index (χ3v) is 4.23. The van der Waals surface area contributed by atoms with E-state index in [-0.39, 0.29) is 5.91 Å². The number of thioether (sulfide) groups is 1. The molecule has 0 unspecified atom stereocenters. The first kappa shape index (κ1) is 13.9. The van der Waals surface area contributed by atoms with Gasteiger partial charge in [0.1, 0.15) is 0 Å². The van der Waals surface area contributed by atoms with Crippen molar-refractivity contribution in [3.05, 3.63) is 35.9 Å². The average molecular weight is 297 g/mol. The van der Waals surface area contributed by atoms with Crippen molar-refractivity contribution in [3.63, 3.8) is 0 Å². The van der Waals surface area contributed by atoms with E-state index in [1.165, 1.54) is 11.8 Å². The van der Waals surface area contributed by atoms with Gasteiger partial charge in [-0.3, -0.25) is 4.79 Å². The Morgan fingerprint density at radius 2 is 2.24 bits per heavy atom. The molecule has 3 rings (SSSR count). The van der Waals surface area contributed by atoms with E-state index in [9.17, 15) is 4.79 Å². The number of aromatic nitrogens is 1. The number of para-hydroxylation sites is 1. The summed E-state index contributed by atoms with van der Waals surface area (Å²) in [6.07, 6.45) is 2.61. The van der Waals surface area contributed by atoms with Crippen molar-refractivity contribution in [3.8, 4) is 6.07 Å². The molecule has 21 heavy (non-hydrogen) atoms. The Balaban J connectivity index is 1.94. The summed E-state index contributed by atoms with van der Waals surface area (Å²) in [7, 11) is 0. The van der Waals surface area contributed by atoms with E-state index in [0.29, 0.717) is 23.8 Å². The molecule has 5 heteroatoms. The average Bonchev–Trinajstić information content (AvgIpc) is 3.30. The lowest BCUT2D eigenvalue weighted by atomic mass is 10.1. The standard InChI is InChI=1S/C16H15N3OS/c17-8-3-9-21-15-10-13(16(20)18-11-6-7-11)12-4-1-2-5-14(12)19-15/h1-2,4-5,10-11H,3,6-7,9H2,(H,18,20). The molecule has 106 valence electrons. The summed E-state index contributed by atoms with van der Waals surface area (Å²) in [5, 5.41) is 13.3. The third-order valence-electron chi connectivity index (χ3n) is 3.31. The minimum Gasteiger partial charge on any atom is -0.349 e. The second kappa shape index (κ2) is 6.15. The molecule has 1 aromatic heterocycles. The van der Waals surface area contributed by atoms with Gasteiger partial charge >= 0.3 is 0 Å². The van der Waals surface area contributed by atoms with E-state index in [4.69, 9.17) is 5.26 Å². The normalized spacial score (nSPS) is 13.9. The Labute approximate surface area is 127 Å². The number of carbonyl (C=O) groups is 1. The van der Waals surface area contributed by atoms with Crippen LogP contribution in [-0.4, -0.2) is 22.7 Å². The van der Waals surface area contributed by atoms with Gasteiger partial charge in [-0.2, -0.15) is 5.26 Å². The third kappa shape index (κ3) is 3.34. The molecule has 0 bridgehead atoms. The number of pyridine rings is 1. The van der Waals surface area contributed by atoms with Crippen molar-refractivity contribution in [2.24, 2.45) is 0 Å². The molecule has 4 nitrogen and oxygen atoms in total. The van der Waals surface area contributed by atoms with Crippen molar-refractivity contribution < 1.29 is 4.79 Å². The lowest BCUT2D eigenvalue weighted by Gasteiger charge is -2.09. The van der Waals surface area contributed by atoms with Gasteiger partial charge in [0, 0.05) is 23.6 Å². The maximum Gasteiger partial charge on any atom is 0.252 e. The second-order valence-corrected chi connectivity index (χ2v) is 6.14. The predicted molar refractivity (Wildman–Crippen MR) is 83.2 cm³/mol. The fourth-order valence-corrected chi connectivity index (χ4v) is 2.87. The summed E-state index contributed by atoms with van der Waals surface area (Å²) in [5.74, 6) is 0.657. The van der Waals surface area contributed by atoms with Crippen LogP contribution in [-0.2, 0) is 0 Å². The fraction of sp³-hybridized carbons (Fsp3) is 0.312. The molecule has 2 aromatic rings. The van der Waals surface area contributed by atoms with E-state index in [0.717, 1.165) is 28.8 Å². The molecule has 0 radical (unpaired) electrons.